The lowest BCUT2D eigenvalue weighted by molar-refractivity contribution is 0.172. The van der Waals surface area contributed by atoms with Gasteiger partial charge in [0, 0.05) is 18.7 Å². The zero-order chi connectivity index (χ0) is 14.5. The lowest BCUT2D eigenvalue weighted by Crippen LogP contribution is -2.16. The summed E-state index contributed by atoms with van der Waals surface area (Å²) in [7, 11) is 0. The zero-order valence-corrected chi connectivity index (χ0v) is 12.7. The number of nitrogen functional groups attached to an aromatic ring is 1. The van der Waals surface area contributed by atoms with Crippen LogP contribution in [0.15, 0.2) is 12.1 Å². The molecule has 1 aromatic rings. The van der Waals surface area contributed by atoms with Gasteiger partial charge in [-0.05, 0) is 16.7 Å². The maximum atomic E-state index is 6.09. The highest BCUT2D eigenvalue weighted by Crippen LogP contribution is 2.68. The summed E-state index contributed by atoms with van der Waals surface area (Å²) in [5, 5.41) is 3.48. The van der Waals surface area contributed by atoms with Crippen molar-refractivity contribution in [2.45, 2.75) is 27.7 Å². The fourth-order valence-corrected chi connectivity index (χ4v) is 3.31. The molecule has 3 rings (SSSR count). The molecule has 1 heterocycles. The van der Waals surface area contributed by atoms with Crippen LogP contribution in [-0.4, -0.2) is 19.8 Å². The second kappa shape index (κ2) is 4.21. The molecule has 0 spiro atoms. The Morgan fingerprint density at radius 2 is 1.65 bits per heavy atom. The van der Waals surface area contributed by atoms with E-state index in [0.717, 1.165) is 23.7 Å². The Bertz CT molecular complexity index is 524. The fraction of sp³-hybridized carbons (Fsp3) is 0.625. The van der Waals surface area contributed by atoms with E-state index in [2.05, 4.69) is 33.0 Å². The highest BCUT2D eigenvalue weighted by Gasteiger charge is 2.64. The number of nitrogens with two attached hydrogens (primary N) is 1. The van der Waals surface area contributed by atoms with Crippen molar-refractivity contribution >= 4 is 11.4 Å². The molecule has 3 N–H and O–H groups in total. The summed E-state index contributed by atoms with van der Waals surface area (Å²) in [6, 6.07) is 3.80. The second-order valence-electron chi connectivity index (χ2n) is 6.96. The lowest BCUT2D eigenvalue weighted by Gasteiger charge is -2.20. The molecule has 0 radical (unpaired) electrons. The lowest BCUT2D eigenvalue weighted by atomic mass is 10.0. The minimum Gasteiger partial charge on any atom is -0.486 e. The fourth-order valence-electron chi connectivity index (χ4n) is 3.31. The Morgan fingerprint density at radius 1 is 1.10 bits per heavy atom. The summed E-state index contributed by atoms with van der Waals surface area (Å²) < 4.78 is 11.1. The third-order valence-corrected chi connectivity index (χ3v) is 5.53. The van der Waals surface area contributed by atoms with Crippen LogP contribution in [-0.2, 0) is 0 Å². The Morgan fingerprint density at radius 3 is 2.20 bits per heavy atom. The first-order chi connectivity index (χ1) is 9.34. The molecule has 2 aliphatic rings. The van der Waals surface area contributed by atoms with Gasteiger partial charge < -0.3 is 20.5 Å². The minimum absolute atomic E-state index is 0.378. The number of hydrogen-bond acceptors (Lipinski definition) is 4. The topological polar surface area (TPSA) is 56.5 Å². The molecule has 1 fully saturated rings. The Labute approximate surface area is 120 Å². The smallest absolute Gasteiger partial charge is 0.163 e. The molecule has 0 amide bonds. The van der Waals surface area contributed by atoms with Gasteiger partial charge in [0.05, 0.1) is 11.4 Å². The van der Waals surface area contributed by atoms with E-state index in [9.17, 15) is 0 Å². The largest absolute Gasteiger partial charge is 0.486 e. The van der Waals surface area contributed by atoms with E-state index in [1.807, 2.05) is 12.1 Å². The van der Waals surface area contributed by atoms with Crippen LogP contribution in [0.3, 0.4) is 0 Å². The van der Waals surface area contributed by atoms with Gasteiger partial charge in [0.25, 0.3) is 0 Å². The van der Waals surface area contributed by atoms with Crippen LogP contribution in [0, 0.1) is 16.7 Å². The third kappa shape index (κ3) is 1.89. The van der Waals surface area contributed by atoms with Gasteiger partial charge in [0.1, 0.15) is 13.2 Å². The molecule has 4 heteroatoms. The molecular formula is C16H24N2O2. The van der Waals surface area contributed by atoms with Crippen LogP contribution < -0.4 is 20.5 Å². The van der Waals surface area contributed by atoms with E-state index in [1.165, 1.54) is 0 Å². The van der Waals surface area contributed by atoms with Crippen molar-refractivity contribution in [3.05, 3.63) is 12.1 Å². The highest BCUT2D eigenvalue weighted by molar-refractivity contribution is 5.72. The molecule has 0 bridgehead atoms. The summed E-state index contributed by atoms with van der Waals surface area (Å²) in [6.07, 6.45) is 0. The molecule has 4 nitrogen and oxygen atoms in total. The van der Waals surface area contributed by atoms with Crippen molar-refractivity contribution in [2.75, 3.05) is 30.8 Å². The molecule has 0 aromatic heterocycles. The zero-order valence-electron chi connectivity index (χ0n) is 12.7. The maximum absolute atomic E-state index is 6.09. The predicted octanol–water partition coefficient (Wildman–Crippen LogP) is 3.13. The van der Waals surface area contributed by atoms with Crippen LogP contribution in [0.5, 0.6) is 11.5 Å². The van der Waals surface area contributed by atoms with Crippen LogP contribution in [0.25, 0.3) is 0 Å². The number of anilines is 2. The standard InChI is InChI=1S/C16H24N2O2/c1-15(2)14(16(15,3)4)9-18-11-8-13-12(7-10(11)17)19-5-6-20-13/h7-8,14,18H,5-6,9,17H2,1-4H3. The molecule has 0 atom stereocenters. The van der Waals surface area contributed by atoms with Gasteiger partial charge in [0.2, 0.25) is 0 Å². The number of ether oxygens (including phenoxy) is 2. The van der Waals surface area contributed by atoms with E-state index in [0.29, 0.717) is 35.6 Å². The van der Waals surface area contributed by atoms with Crippen LogP contribution in [0.4, 0.5) is 11.4 Å². The molecular weight excluding hydrogens is 252 g/mol. The molecule has 110 valence electrons. The predicted molar refractivity (Wildman–Crippen MR) is 81.4 cm³/mol. The first kappa shape index (κ1) is 13.4. The molecule has 1 aliphatic heterocycles. The molecule has 0 unspecified atom stereocenters. The van der Waals surface area contributed by atoms with E-state index in [1.54, 1.807) is 0 Å². The molecule has 1 aliphatic carbocycles. The van der Waals surface area contributed by atoms with Crippen molar-refractivity contribution in [3.63, 3.8) is 0 Å². The molecule has 0 saturated heterocycles. The van der Waals surface area contributed by atoms with Gasteiger partial charge in [-0.2, -0.15) is 0 Å². The number of fused-ring (bicyclic) bond motifs is 1. The van der Waals surface area contributed by atoms with E-state index >= 15 is 0 Å². The quantitative estimate of drug-likeness (QED) is 0.833. The molecule has 20 heavy (non-hydrogen) atoms. The van der Waals surface area contributed by atoms with Gasteiger partial charge >= 0.3 is 0 Å². The van der Waals surface area contributed by atoms with Crippen molar-refractivity contribution in [3.8, 4) is 11.5 Å². The average molecular weight is 276 g/mol. The summed E-state index contributed by atoms with van der Waals surface area (Å²) in [6.45, 7) is 11.4. The van der Waals surface area contributed by atoms with Gasteiger partial charge in [-0.15, -0.1) is 0 Å². The number of rotatable bonds is 3. The third-order valence-electron chi connectivity index (χ3n) is 5.53. The first-order valence-corrected chi connectivity index (χ1v) is 7.27. The number of hydrogen-bond donors (Lipinski definition) is 2. The van der Waals surface area contributed by atoms with Crippen molar-refractivity contribution in [1.29, 1.82) is 0 Å². The average Bonchev–Trinajstić information content (AvgIpc) is 2.77. The highest BCUT2D eigenvalue weighted by atomic mass is 16.6. The van der Waals surface area contributed by atoms with Gasteiger partial charge in [0.15, 0.2) is 11.5 Å². The van der Waals surface area contributed by atoms with Crippen LogP contribution in [0.1, 0.15) is 27.7 Å². The molecule has 1 saturated carbocycles. The van der Waals surface area contributed by atoms with Gasteiger partial charge in [-0.25, -0.2) is 0 Å². The van der Waals surface area contributed by atoms with Gasteiger partial charge in [-0.1, -0.05) is 27.7 Å². The van der Waals surface area contributed by atoms with E-state index in [-0.39, 0.29) is 0 Å². The maximum Gasteiger partial charge on any atom is 0.163 e. The normalized spacial score (nSPS) is 22.4. The van der Waals surface area contributed by atoms with Gasteiger partial charge in [-0.3, -0.25) is 0 Å². The monoisotopic (exact) mass is 276 g/mol. The summed E-state index contributed by atoms with van der Waals surface area (Å²) >= 11 is 0. The van der Waals surface area contributed by atoms with Crippen LogP contribution >= 0.6 is 0 Å². The van der Waals surface area contributed by atoms with Crippen molar-refractivity contribution in [1.82, 2.24) is 0 Å². The first-order valence-electron chi connectivity index (χ1n) is 7.27. The van der Waals surface area contributed by atoms with Crippen molar-refractivity contribution in [2.24, 2.45) is 16.7 Å². The minimum atomic E-state index is 0.378. The summed E-state index contributed by atoms with van der Waals surface area (Å²) in [5.41, 5.74) is 8.49. The second-order valence-corrected chi connectivity index (χ2v) is 6.96. The SMILES string of the molecule is CC1(C)C(CNc2cc3c(cc2N)OCCO3)C1(C)C. The Balaban J connectivity index is 1.73. The van der Waals surface area contributed by atoms with Crippen LogP contribution in [0.2, 0.25) is 0 Å². The van der Waals surface area contributed by atoms with E-state index < -0.39 is 0 Å². The number of nitrogens with one attached hydrogen (secondary N) is 1. The summed E-state index contributed by atoms with van der Waals surface area (Å²) in [4.78, 5) is 0. The number of benzene rings is 1. The van der Waals surface area contributed by atoms with Crippen molar-refractivity contribution < 1.29 is 9.47 Å². The summed E-state index contributed by atoms with van der Waals surface area (Å²) in [5.74, 6) is 2.18. The Hall–Kier alpha value is -1.58. The Kier molecular flexibility index (Phi) is 2.82. The molecule has 1 aromatic carbocycles. The van der Waals surface area contributed by atoms with E-state index in [4.69, 9.17) is 15.2 Å².